The molecule has 1 aromatic heterocycles. The van der Waals surface area contributed by atoms with E-state index in [2.05, 4.69) is 25.3 Å². The third-order valence-electron chi connectivity index (χ3n) is 6.69. The zero-order valence-electron chi connectivity index (χ0n) is 24.0. The van der Waals surface area contributed by atoms with Crippen molar-refractivity contribution in [3.05, 3.63) is 96.2 Å². The van der Waals surface area contributed by atoms with Crippen molar-refractivity contribution in [1.29, 1.82) is 0 Å². The van der Waals surface area contributed by atoms with Crippen molar-refractivity contribution in [2.24, 2.45) is 4.99 Å². The van der Waals surface area contributed by atoms with Crippen molar-refractivity contribution in [2.45, 2.75) is 37.5 Å². The average molecular weight is 623 g/mol. The predicted molar refractivity (Wildman–Crippen MR) is 158 cm³/mol. The van der Waals surface area contributed by atoms with Crippen LogP contribution in [-0.2, 0) is 28.7 Å². The van der Waals surface area contributed by atoms with Crippen LogP contribution in [0, 0.1) is 6.92 Å². The Morgan fingerprint density at radius 1 is 0.956 bits per heavy atom. The Morgan fingerprint density at radius 3 is 2.24 bits per heavy atom. The summed E-state index contributed by atoms with van der Waals surface area (Å²) in [5.74, 6) is -5.16. The van der Waals surface area contributed by atoms with E-state index in [1.54, 1.807) is 48.7 Å². The zero-order chi connectivity index (χ0) is 32.5. The van der Waals surface area contributed by atoms with Crippen LogP contribution in [0.4, 0.5) is 19.0 Å². The molecule has 2 N–H and O–H groups in total. The van der Waals surface area contributed by atoms with Gasteiger partial charge in [0, 0.05) is 12.4 Å². The summed E-state index contributed by atoms with van der Waals surface area (Å²) in [6.45, 7) is 2.12. The fraction of sp³-hybridized carbons (Fsp3) is 0.250. The Hall–Kier alpha value is -5.33. The van der Waals surface area contributed by atoms with E-state index < -0.39 is 54.4 Å². The second-order valence-corrected chi connectivity index (χ2v) is 10.1. The van der Waals surface area contributed by atoms with E-state index in [0.29, 0.717) is 11.4 Å². The Balaban J connectivity index is 1.45. The van der Waals surface area contributed by atoms with Crippen LogP contribution >= 0.6 is 0 Å². The molecule has 3 aromatic rings. The molecule has 0 aliphatic carbocycles. The van der Waals surface area contributed by atoms with Gasteiger partial charge >= 0.3 is 24.1 Å². The van der Waals surface area contributed by atoms with E-state index in [4.69, 9.17) is 4.74 Å². The van der Waals surface area contributed by atoms with Gasteiger partial charge in [0.05, 0.1) is 25.4 Å². The highest BCUT2D eigenvalue weighted by atomic mass is 19.4. The number of aryl methyl sites for hydroxylation is 1. The number of nitrogens with zero attached hydrogens (tertiary/aromatic N) is 2. The third-order valence-corrected chi connectivity index (χ3v) is 6.69. The monoisotopic (exact) mass is 622 g/mol. The quantitative estimate of drug-likeness (QED) is 0.169. The van der Waals surface area contributed by atoms with Crippen LogP contribution in [0.25, 0.3) is 11.1 Å². The third kappa shape index (κ3) is 9.08. The molecule has 0 saturated heterocycles. The fourth-order valence-electron chi connectivity index (χ4n) is 4.40. The second kappa shape index (κ2) is 14.4. The van der Waals surface area contributed by atoms with Gasteiger partial charge in [0.2, 0.25) is 5.91 Å². The van der Waals surface area contributed by atoms with Crippen LogP contribution in [-0.4, -0.2) is 59.9 Å². The van der Waals surface area contributed by atoms with E-state index in [9.17, 15) is 32.3 Å². The van der Waals surface area contributed by atoms with E-state index in [-0.39, 0.29) is 13.2 Å². The predicted octanol–water partition coefficient (Wildman–Crippen LogP) is 4.66. The number of alkyl halides is 3. The van der Waals surface area contributed by atoms with E-state index in [1.807, 2.05) is 31.2 Å². The lowest BCUT2D eigenvalue weighted by molar-refractivity contribution is -0.202. The summed E-state index contributed by atoms with van der Waals surface area (Å²) in [4.78, 5) is 58.1. The summed E-state index contributed by atoms with van der Waals surface area (Å²) in [7, 11) is 0. The number of aliphatic imine (C=N–C) groups is 1. The van der Waals surface area contributed by atoms with Crippen molar-refractivity contribution >= 4 is 35.8 Å². The highest BCUT2D eigenvalue weighted by Gasteiger charge is 2.43. The molecule has 1 aliphatic heterocycles. The van der Waals surface area contributed by atoms with Gasteiger partial charge in [-0.1, -0.05) is 60.2 Å². The lowest BCUT2D eigenvalue weighted by Crippen LogP contribution is -2.42. The minimum absolute atomic E-state index is 0.0584. The van der Waals surface area contributed by atoms with Gasteiger partial charge in [0.15, 0.2) is 5.54 Å². The molecule has 0 saturated carbocycles. The van der Waals surface area contributed by atoms with Gasteiger partial charge < -0.3 is 20.1 Å². The first-order chi connectivity index (χ1) is 21.4. The minimum Gasteiger partial charge on any atom is -0.462 e. The number of pyridine rings is 1. The Bertz CT molecular complexity index is 1560. The van der Waals surface area contributed by atoms with Crippen molar-refractivity contribution in [3.63, 3.8) is 0 Å². The molecule has 10 nitrogen and oxygen atoms in total. The average Bonchev–Trinajstić information content (AvgIpc) is 3.49. The first-order valence-corrected chi connectivity index (χ1v) is 13.8. The van der Waals surface area contributed by atoms with Crippen LogP contribution in [0.1, 0.15) is 30.0 Å². The molecule has 0 fully saturated rings. The molecular weight excluding hydrogens is 593 g/mol. The smallest absolute Gasteiger partial charge is 0.462 e. The number of esters is 3. The summed E-state index contributed by atoms with van der Waals surface area (Å²) in [6, 6.07) is 18.3. The first-order valence-electron chi connectivity index (χ1n) is 13.8. The van der Waals surface area contributed by atoms with Gasteiger partial charge in [0.25, 0.3) is 0 Å². The number of halogens is 3. The molecular formula is C32H29F3N4O6. The Morgan fingerprint density at radius 2 is 1.64 bits per heavy atom. The molecule has 0 bridgehead atoms. The number of hydrogen-bond acceptors (Lipinski definition) is 9. The number of allylic oxidation sites excluding steroid dienone is 1. The van der Waals surface area contributed by atoms with E-state index in [1.165, 1.54) is 18.4 Å². The summed E-state index contributed by atoms with van der Waals surface area (Å²) >= 11 is 0. The molecule has 2 atom stereocenters. The van der Waals surface area contributed by atoms with Crippen LogP contribution in [0.5, 0.6) is 0 Å². The molecule has 4 rings (SSSR count). The molecule has 2 unspecified atom stereocenters. The standard InChI is InChI=1S/C32H29F3N4O6/c1-21-6-8-22(9-7-21)23-10-12-24(13-11-23)25(19-28(41)45-30(43)32(33,34)35)39-27(40)20-31(14-4-16-38-31)29(42)44-18-17-37-26-5-2-3-15-36-26/h2-16,25H,17-20H2,1H3,(H,36,37)(H,39,40). The van der Waals surface area contributed by atoms with Gasteiger partial charge in [-0.3, -0.25) is 14.6 Å². The van der Waals surface area contributed by atoms with Crippen LogP contribution in [0.3, 0.4) is 0 Å². The number of carbonyl (C=O) groups is 4. The zero-order valence-corrected chi connectivity index (χ0v) is 24.0. The van der Waals surface area contributed by atoms with Crippen LogP contribution < -0.4 is 10.6 Å². The maximum Gasteiger partial charge on any atom is 0.491 e. The van der Waals surface area contributed by atoms with Crippen molar-refractivity contribution < 1.29 is 41.8 Å². The number of nitrogens with one attached hydrogen (secondary N) is 2. The maximum atomic E-state index is 13.2. The molecule has 2 aromatic carbocycles. The van der Waals surface area contributed by atoms with Gasteiger partial charge in [-0.25, -0.2) is 14.6 Å². The van der Waals surface area contributed by atoms with Gasteiger partial charge in [-0.05, 0) is 47.9 Å². The Kier molecular flexibility index (Phi) is 10.4. The molecule has 1 amide bonds. The molecule has 0 radical (unpaired) electrons. The normalized spacial score (nSPS) is 16.1. The Labute approximate surface area is 256 Å². The molecule has 1 aliphatic rings. The van der Waals surface area contributed by atoms with Gasteiger partial charge in [-0.15, -0.1) is 0 Å². The first kappa shape index (κ1) is 32.6. The van der Waals surface area contributed by atoms with Crippen LogP contribution in [0.2, 0.25) is 0 Å². The van der Waals surface area contributed by atoms with Gasteiger partial charge in [-0.2, -0.15) is 13.2 Å². The summed E-state index contributed by atoms with van der Waals surface area (Å²) in [5, 5.41) is 5.55. The number of amides is 1. The highest BCUT2D eigenvalue weighted by Crippen LogP contribution is 2.28. The van der Waals surface area contributed by atoms with Gasteiger partial charge in [0.1, 0.15) is 12.4 Å². The van der Waals surface area contributed by atoms with Crippen molar-refractivity contribution in [3.8, 4) is 11.1 Å². The lowest BCUT2D eigenvalue weighted by Gasteiger charge is -2.24. The van der Waals surface area contributed by atoms with Crippen molar-refractivity contribution in [2.75, 3.05) is 18.5 Å². The topological polar surface area (TPSA) is 136 Å². The summed E-state index contributed by atoms with van der Waals surface area (Å²) < 4.78 is 47.4. The summed E-state index contributed by atoms with van der Waals surface area (Å²) in [6.07, 6.45) is -0.905. The largest absolute Gasteiger partial charge is 0.491 e. The maximum absolute atomic E-state index is 13.2. The number of anilines is 1. The molecule has 234 valence electrons. The number of rotatable bonds is 12. The number of carbonyl (C=O) groups excluding carboxylic acids is 4. The number of hydrogen-bond donors (Lipinski definition) is 2. The molecule has 45 heavy (non-hydrogen) atoms. The molecule has 13 heteroatoms. The lowest BCUT2D eigenvalue weighted by atomic mass is 9.95. The summed E-state index contributed by atoms with van der Waals surface area (Å²) in [5.41, 5.74) is 1.42. The number of benzene rings is 2. The number of aromatic nitrogens is 1. The van der Waals surface area contributed by atoms with E-state index >= 15 is 0 Å². The van der Waals surface area contributed by atoms with Crippen molar-refractivity contribution in [1.82, 2.24) is 10.3 Å². The highest BCUT2D eigenvalue weighted by molar-refractivity contribution is 5.96. The molecule has 2 heterocycles. The molecule has 0 spiro atoms. The SMILES string of the molecule is Cc1ccc(-c2ccc(C(CC(=O)OC(=O)C(F)(F)F)NC(=O)CC3(C(=O)OCCNc4ccccn4)C=CC=N3)cc2)cc1. The van der Waals surface area contributed by atoms with E-state index in [0.717, 1.165) is 16.7 Å². The second-order valence-electron chi connectivity index (χ2n) is 10.1. The minimum atomic E-state index is -5.38. The fourth-order valence-corrected chi connectivity index (χ4v) is 4.40. The number of ether oxygens (including phenoxy) is 2. The van der Waals surface area contributed by atoms with Crippen LogP contribution in [0.15, 0.2) is 90.1 Å².